The fraction of sp³-hybridized carbons (Fsp3) is 0.333. The largest absolute Gasteiger partial charge is 0.465 e. The van der Waals surface area contributed by atoms with Crippen molar-refractivity contribution in [2.24, 2.45) is 5.92 Å². The van der Waals surface area contributed by atoms with Crippen LogP contribution >= 0.6 is 0 Å². The molecule has 40 heavy (non-hydrogen) atoms. The van der Waals surface area contributed by atoms with Crippen molar-refractivity contribution in [3.05, 3.63) is 101 Å². The van der Waals surface area contributed by atoms with Crippen LogP contribution in [0.3, 0.4) is 0 Å². The average Bonchev–Trinajstić information content (AvgIpc) is 3.65. The highest BCUT2D eigenvalue weighted by atomic mass is 19.4. The summed E-state index contributed by atoms with van der Waals surface area (Å²) in [6.07, 6.45) is 1.07. The van der Waals surface area contributed by atoms with Crippen molar-refractivity contribution in [3.63, 3.8) is 0 Å². The molecule has 1 fully saturated rings. The van der Waals surface area contributed by atoms with Gasteiger partial charge in [0.2, 0.25) is 0 Å². The lowest BCUT2D eigenvalue weighted by Gasteiger charge is -2.15. The van der Waals surface area contributed by atoms with Crippen LogP contribution < -0.4 is 0 Å². The normalized spacial score (nSPS) is 15.0. The van der Waals surface area contributed by atoms with Gasteiger partial charge in [-0.15, -0.1) is 0 Å². The van der Waals surface area contributed by atoms with Gasteiger partial charge in [0, 0.05) is 11.1 Å². The zero-order chi connectivity index (χ0) is 28.3. The van der Waals surface area contributed by atoms with Gasteiger partial charge in [0.05, 0.1) is 23.8 Å². The lowest BCUT2D eigenvalue weighted by atomic mass is 9.92. The van der Waals surface area contributed by atoms with E-state index in [0.29, 0.717) is 30.8 Å². The van der Waals surface area contributed by atoms with Crippen molar-refractivity contribution in [2.45, 2.75) is 57.5 Å². The van der Waals surface area contributed by atoms with E-state index in [1.54, 1.807) is 12.3 Å². The van der Waals surface area contributed by atoms with Gasteiger partial charge in [0.25, 0.3) is 0 Å². The Hall–Kier alpha value is -3.87. The summed E-state index contributed by atoms with van der Waals surface area (Å²) in [5.74, 6) is 0.799. The van der Waals surface area contributed by atoms with Crippen LogP contribution in [0.1, 0.15) is 55.4 Å². The number of carbonyl (C=O) groups excluding carboxylic acids is 1. The minimum Gasteiger partial charge on any atom is -0.465 e. The van der Waals surface area contributed by atoms with Crippen molar-refractivity contribution < 1.29 is 27.2 Å². The van der Waals surface area contributed by atoms with Gasteiger partial charge in [-0.3, -0.25) is 4.79 Å². The van der Waals surface area contributed by atoms with Crippen LogP contribution in [-0.4, -0.2) is 17.7 Å². The van der Waals surface area contributed by atoms with E-state index < -0.39 is 17.2 Å². The summed E-state index contributed by atoms with van der Waals surface area (Å²) in [4.78, 5) is 12.4. The first-order chi connectivity index (χ1) is 19.2. The number of nitrogens with zero attached hydrogens (tertiary/aromatic N) is 1. The summed E-state index contributed by atoms with van der Waals surface area (Å²) >= 11 is 0. The number of aryl methyl sites for hydroxylation is 1. The molecule has 1 atom stereocenters. The molecule has 208 valence electrons. The first kappa shape index (κ1) is 27.7. The van der Waals surface area contributed by atoms with Crippen LogP contribution in [0.25, 0.3) is 22.5 Å². The molecule has 0 N–H and O–H groups in total. The second-order valence-corrected chi connectivity index (χ2v) is 10.7. The number of ether oxygens (including phenoxy) is 1. The predicted octanol–water partition coefficient (Wildman–Crippen LogP) is 8.43. The Bertz CT molecular complexity index is 1450. The molecular formula is C33H32F3NO3. The standard InChI is InChI=1S/C33H32F3NO3/c1-3-39-31(38)32(17-18-32)28-15-13-25(14-16-28)24-9-11-26(12-10-24)30-27(21-37-40-30)19-22(2)7-8-23-5-4-6-29(20-23)33(34,35)36/h4-6,9-16,20-22H,3,7-8,17-19H2,1-2H3. The van der Waals surface area contributed by atoms with E-state index in [0.717, 1.165) is 53.1 Å². The molecule has 0 saturated heterocycles. The fourth-order valence-electron chi connectivity index (χ4n) is 5.24. The van der Waals surface area contributed by atoms with Crippen LogP contribution in [0.4, 0.5) is 13.2 Å². The SMILES string of the molecule is CCOC(=O)C1(c2ccc(-c3ccc(-c4oncc4CC(C)CCc4cccc(C(F)(F)F)c4)cc3)cc2)CC1. The molecule has 5 rings (SSSR count). The second-order valence-electron chi connectivity index (χ2n) is 10.7. The van der Waals surface area contributed by atoms with Gasteiger partial charge in [-0.25, -0.2) is 0 Å². The van der Waals surface area contributed by atoms with E-state index >= 15 is 0 Å². The Morgan fingerprint density at radius 3 is 2.27 bits per heavy atom. The molecule has 1 aromatic heterocycles. The third kappa shape index (κ3) is 5.98. The molecule has 4 nitrogen and oxygen atoms in total. The lowest BCUT2D eigenvalue weighted by molar-refractivity contribution is -0.146. The van der Waals surface area contributed by atoms with E-state index in [-0.39, 0.29) is 11.9 Å². The second kappa shape index (κ2) is 11.3. The minimum atomic E-state index is -4.33. The number of hydrogen-bond acceptors (Lipinski definition) is 4. The third-order valence-corrected chi connectivity index (χ3v) is 7.73. The Balaban J connectivity index is 1.22. The van der Waals surface area contributed by atoms with Crippen molar-refractivity contribution in [2.75, 3.05) is 6.61 Å². The summed E-state index contributed by atoms with van der Waals surface area (Å²) in [6, 6.07) is 21.7. The summed E-state index contributed by atoms with van der Waals surface area (Å²) < 4.78 is 49.9. The number of esters is 1. The quantitative estimate of drug-likeness (QED) is 0.187. The molecule has 1 heterocycles. The maximum absolute atomic E-state index is 13.0. The van der Waals surface area contributed by atoms with E-state index in [9.17, 15) is 18.0 Å². The first-order valence-corrected chi connectivity index (χ1v) is 13.7. The van der Waals surface area contributed by atoms with Gasteiger partial charge in [-0.1, -0.05) is 78.8 Å². The Labute approximate surface area is 232 Å². The van der Waals surface area contributed by atoms with Gasteiger partial charge in [0.15, 0.2) is 5.76 Å². The molecule has 0 radical (unpaired) electrons. The van der Waals surface area contributed by atoms with E-state index in [2.05, 4.69) is 12.1 Å². The van der Waals surface area contributed by atoms with Crippen molar-refractivity contribution >= 4 is 5.97 Å². The number of carbonyl (C=O) groups is 1. The highest BCUT2D eigenvalue weighted by molar-refractivity contribution is 5.87. The molecule has 7 heteroatoms. The zero-order valence-electron chi connectivity index (χ0n) is 22.6. The van der Waals surface area contributed by atoms with Gasteiger partial charge in [-0.05, 0) is 73.3 Å². The Morgan fingerprint density at radius 2 is 1.65 bits per heavy atom. The predicted molar refractivity (Wildman–Crippen MR) is 148 cm³/mol. The third-order valence-electron chi connectivity index (χ3n) is 7.73. The van der Waals surface area contributed by atoms with Gasteiger partial charge >= 0.3 is 12.1 Å². The summed E-state index contributed by atoms with van der Waals surface area (Å²) in [5, 5.41) is 4.02. The van der Waals surface area contributed by atoms with Crippen LogP contribution in [0.2, 0.25) is 0 Å². The number of aromatic nitrogens is 1. The maximum atomic E-state index is 13.0. The molecule has 4 aromatic rings. The fourth-order valence-corrected chi connectivity index (χ4v) is 5.24. The van der Waals surface area contributed by atoms with Crippen molar-refractivity contribution in [1.29, 1.82) is 0 Å². The summed E-state index contributed by atoms with van der Waals surface area (Å²) in [5.41, 5.74) is 4.58. The van der Waals surface area contributed by atoms with Gasteiger partial charge in [-0.2, -0.15) is 13.2 Å². The Kier molecular flexibility index (Phi) is 7.83. The Morgan fingerprint density at radius 1 is 1.00 bits per heavy atom. The molecule has 1 aliphatic carbocycles. The van der Waals surface area contributed by atoms with Crippen LogP contribution in [0.15, 0.2) is 83.5 Å². The van der Waals surface area contributed by atoms with Crippen LogP contribution in [0.5, 0.6) is 0 Å². The smallest absolute Gasteiger partial charge is 0.416 e. The van der Waals surface area contributed by atoms with E-state index in [1.165, 1.54) is 12.1 Å². The molecule has 1 aliphatic rings. The van der Waals surface area contributed by atoms with Crippen LogP contribution in [-0.2, 0) is 34.0 Å². The van der Waals surface area contributed by atoms with E-state index in [4.69, 9.17) is 9.26 Å². The number of hydrogen-bond donors (Lipinski definition) is 0. The summed E-state index contributed by atoms with van der Waals surface area (Å²) in [7, 11) is 0. The molecule has 0 bridgehead atoms. The molecule has 1 saturated carbocycles. The topological polar surface area (TPSA) is 52.3 Å². The monoisotopic (exact) mass is 547 g/mol. The highest BCUT2D eigenvalue weighted by Crippen LogP contribution is 2.49. The molecule has 0 spiro atoms. The number of alkyl halides is 3. The molecule has 3 aromatic carbocycles. The number of halogens is 3. The maximum Gasteiger partial charge on any atom is 0.416 e. The minimum absolute atomic E-state index is 0.139. The lowest BCUT2D eigenvalue weighted by Crippen LogP contribution is -2.23. The van der Waals surface area contributed by atoms with E-state index in [1.807, 2.05) is 55.5 Å². The molecule has 1 unspecified atom stereocenters. The average molecular weight is 548 g/mol. The van der Waals surface area contributed by atoms with Crippen molar-refractivity contribution in [1.82, 2.24) is 5.16 Å². The van der Waals surface area contributed by atoms with Gasteiger partial charge < -0.3 is 9.26 Å². The zero-order valence-corrected chi connectivity index (χ0v) is 22.6. The molecular weight excluding hydrogens is 515 g/mol. The van der Waals surface area contributed by atoms with Crippen molar-refractivity contribution in [3.8, 4) is 22.5 Å². The highest BCUT2D eigenvalue weighted by Gasteiger charge is 2.52. The number of benzene rings is 3. The van der Waals surface area contributed by atoms with Gasteiger partial charge in [0.1, 0.15) is 0 Å². The molecule has 0 aliphatic heterocycles. The van der Waals surface area contributed by atoms with Crippen LogP contribution in [0, 0.1) is 5.92 Å². The number of rotatable bonds is 10. The summed E-state index contributed by atoms with van der Waals surface area (Å²) in [6.45, 7) is 4.30. The first-order valence-electron chi connectivity index (χ1n) is 13.7. The molecule has 0 amide bonds.